The van der Waals surface area contributed by atoms with Crippen LogP contribution in [0.3, 0.4) is 0 Å². The fourth-order valence-electron chi connectivity index (χ4n) is 2.96. The molecule has 1 atom stereocenters. The summed E-state index contributed by atoms with van der Waals surface area (Å²) in [5, 5.41) is 14.6. The number of aromatic amines is 1. The molecule has 1 aromatic carbocycles. The Morgan fingerprint density at radius 1 is 1.34 bits per heavy atom. The molecule has 0 bridgehead atoms. The summed E-state index contributed by atoms with van der Waals surface area (Å²) in [4.78, 5) is 31.1. The van der Waals surface area contributed by atoms with Gasteiger partial charge in [-0.25, -0.2) is 10.2 Å². The van der Waals surface area contributed by atoms with Crippen LogP contribution in [0.2, 0.25) is 0 Å². The van der Waals surface area contributed by atoms with Crippen LogP contribution in [0, 0.1) is 0 Å². The number of hydrogen-bond donors (Lipinski definition) is 3. The number of nitrogens with one attached hydrogen (secondary N) is 2. The summed E-state index contributed by atoms with van der Waals surface area (Å²) in [6.45, 7) is 3.82. The van der Waals surface area contributed by atoms with E-state index in [0.717, 1.165) is 5.56 Å². The lowest BCUT2D eigenvalue weighted by Gasteiger charge is -2.15. The molecule has 2 heterocycles. The SMILES string of the molecule is CC(C)OC[C@H](O)Cn1c(N/N=C/C(Br)=C/c2ccccc2)nc2c1c(=O)[nH]c(=O)n2C. The number of nitrogens with zero attached hydrogens (tertiary/aromatic N) is 4. The zero-order chi connectivity index (χ0) is 23.3. The highest BCUT2D eigenvalue weighted by molar-refractivity contribution is 9.12. The third kappa shape index (κ3) is 5.81. The summed E-state index contributed by atoms with van der Waals surface area (Å²) < 4.78 is 8.87. The first-order valence-electron chi connectivity index (χ1n) is 9.96. The minimum atomic E-state index is -0.902. The van der Waals surface area contributed by atoms with E-state index >= 15 is 0 Å². The van der Waals surface area contributed by atoms with Crippen molar-refractivity contribution < 1.29 is 9.84 Å². The summed E-state index contributed by atoms with van der Waals surface area (Å²) in [7, 11) is 1.50. The molecule has 3 N–H and O–H groups in total. The van der Waals surface area contributed by atoms with E-state index in [0.29, 0.717) is 4.48 Å². The third-order valence-corrected chi connectivity index (χ3v) is 4.91. The normalized spacial score (nSPS) is 13.4. The molecular formula is C21H25BrN6O4. The van der Waals surface area contributed by atoms with Crippen molar-refractivity contribution in [3.05, 3.63) is 61.2 Å². The van der Waals surface area contributed by atoms with Gasteiger partial charge in [-0.3, -0.25) is 14.3 Å². The monoisotopic (exact) mass is 504 g/mol. The summed E-state index contributed by atoms with van der Waals surface area (Å²) in [5.74, 6) is 0.201. The zero-order valence-corrected chi connectivity index (χ0v) is 19.5. The van der Waals surface area contributed by atoms with Gasteiger partial charge in [-0.1, -0.05) is 30.3 Å². The number of ether oxygens (including phenoxy) is 1. The van der Waals surface area contributed by atoms with Crippen molar-refractivity contribution in [1.29, 1.82) is 0 Å². The second-order valence-electron chi connectivity index (χ2n) is 7.38. The number of hydrazone groups is 1. The van der Waals surface area contributed by atoms with E-state index in [4.69, 9.17) is 4.74 Å². The Morgan fingerprint density at radius 2 is 2.06 bits per heavy atom. The quantitative estimate of drug-likeness (QED) is 0.302. The number of allylic oxidation sites excluding steroid dienone is 1. The molecule has 0 radical (unpaired) electrons. The van der Waals surface area contributed by atoms with Gasteiger partial charge in [-0.15, -0.1) is 0 Å². The van der Waals surface area contributed by atoms with Gasteiger partial charge < -0.3 is 14.4 Å². The van der Waals surface area contributed by atoms with Crippen LogP contribution in [-0.2, 0) is 18.3 Å². The zero-order valence-electron chi connectivity index (χ0n) is 17.9. The van der Waals surface area contributed by atoms with E-state index in [9.17, 15) is 14.7 Å². The number of hydrogen-bond acceptors (Lipinski definition) is 7. The van der Waals surface area contributed by atoms with Crippen LogP contribution in [0.5, 0.6) is 0 Å². The van der Waals surface area contributed by atoms with Gasteiger partial charge >= 0.3 is 5.69 Å². The van der Waals surface area contributed by atoms with E-state index in [1.165, 1.54) is 22.4 Å². The van der Waals surface area contributed by atoms with Crippen molar-refractivity contribution in [3.63, 3.8) is 0 Å². The van der Waals surface area contributed by atoms with Crippen LogP contribution in [0.4, 0.5) is 5.95 Å². The molecule has 3 rings (SSSR count). The Labute approximate surface area is 192 Å². The van der Waals surface area contributed by atoms with Crippen LogP contribution in [0.15, 0.2) is 49.5 Å². The molecule has 0 fully saturated rings. The molecule has 0 saturated heterocycles. The molecule has 0 amide bonds. The lowest BCUT2D eigenvalue weighted by Crippen LogP contribution is -2.30. The topological polar surface area (TPSA) is 127 Å². The lowest BCUT2D eigenvalue weighted by atomic mass is 10.2. The number of rotatable bonds is 9. The van der Waals surface area contributed by atoms with Crippen LogP contribution >= 0.6 is 15.9 Å². The average Bonchev–Trinajstić information content (AvgIpc) is 3.10. The number of halogens is 1. The van der Waals surface area contributed by atoms with Crippen LogP contribution in [0.25, 0.3) is 17.2 Å². The van der Waals surface area contributed by atoms with Crippen molar-refractivity contribution in [3.8, 4) is 0 Å². The molecule has 10 nitrogen and oxygen atoms in total. The smallest absolute Gasteiger partial charge is 0.329 e. The fourth-order valence-corrected chi connectivity index (χ4v) is 3.33. The van der Waals surface area contributed by atoms with Crippen molar-refractivity contribution >= 4 is 45.3 Å². The second kappa shape index (κ2) is 10.5. The van der Waals surface area contributed by atoms with Gasteiger partial charge in [-0.05, 0) is 41.4 Å². The Hall–Kier alpha value is -3.02. The number of imidazole rings is 1. The molecule has 32 heavy (non-hydrogen) atoms. The van der Waals surface area contributed by atoms with Gasteiger partial charge in [0, 0.05) is 11.5 Å². The predicted molar refractivity (Wildman–Crippen MR) is 128 cm³/mol. The number of aromatic nitrogens is 4. The van der Waals surface area contributed by atoms with E-state index < -0.39 is 17.4 Å². The first-order valence-corrected chi connectivity index (χ1v) is 10.8. The van der Waals surface area contributed by atoms with Crippen molar-refractivity contribution in [2.24, 2.45) is 12.1 Å². The molecule has 0 unspecified atom stereocenters. The average molecular weight is 505 g/mol. The molecule has 0 saturated carbocycles. The number of fused-ring (bicyclic) bond motifs is 1. The van der Waals surface area contributed by atoms with Crippen molar-refractivity contribution in [1.82, 2.24) is 19.1 Å². The second-order valence-corrected chi connectivity index (χ2v) is 8.30. The standard InChI is InChI=1S/C21H25BrN6O4/c1-13(2)32-12-16(29)11-28-17-18(27(3)21(31)25-19(17)30)24-20(28)26-23-10-15(22)9-14-7-5-4-6-8-14/h4-10,13,16,29H,11-12H2,1-3H3,(H,24,26)(H,25,30,31)/b15-9-,23-10+/t16-/m1/s1. The van der Waals surface area contributed by atoms with Gasteiger partial charge in [0.05, 0.1) is 31.6 Å². The van der Waals surface area contributed by atoms with Crippen LogP contribution in [-0.4, -0.2) is 49.2 Å². The van der Waals surface area contributed by atoms with Gasteiger partial charge in [0.2, 0.25) is 5.95 Å². The highest BCUT2D eigenvalue weighted by Crippen LogP contribution is 2.17. The highest BCUT2D eigenvalue weighted by atomic mass is 79.9. The fraction of sp³-hybridized carbons (Fsp3) is 0.333. The number of H-pyrrole nitrogens is 1. The molecule has 0 aliphatic carbocycles. The van der Waals surface area contributed by atoms with E-state index in [1.54, 1.807) is 0 Å². The summed E-state index contributed by atoms with van der Waals surface area (Å²) >= 11 is 3.44. The maximum Gasteiger partial charge on any atom is 0.329 e. The molecule has 11 heteroatoms. The maximum atomic E-state index is 12.5. The van der Waals surface area contributed by atoms with E-state index in [1.807, 2.05) is 50.3 Å². The first kappa shape index (κ1) is 23.6. The molecule has 170 valence electrons. The van der Waals surface area contributed by atoms with Gasteiger partial charge in [-0.2, -0.15) is 10.1 Å². The van der Waals surface area contributed by atoms with Crippen molar-refractivity contribution in [2.45, 2.75) is 32.6 Å². The minimum absolute atomic E-state index is 0.0172. The molecule has 2 aromatic heterocycles. The molecule has 0 aliphatic heterocycles. The van der Waals surface area contributed by atoms with E-state index in [-0.39, 0.29) is 36.4 Å². The highest BCUT2D eigenvalue weighted by Gasteiger charge is 2.19. The van der Waals surface area contributed by atoms with Gasteiger partial charge in [0.15, 0.2) is 11.2 Å². The lowest BCUT2D eigenvalue weighted by molar-refractivity contribution is -0.000105. The summed E-state index contributed by atoms with van der Waals surface area (Å²) in [6.07, 6.45) is 2.47. The van der Waals surface area contributed by atoms with Gasteiger partial charge in [0.1, 0.15) is 0 Å². The number of aliphatic hydroxyl groups excluding tert-OH is 1. The number of anilines is 1. The predicted octanol–water partition coefficient (Wildman–Crippen LogP) is 2.04. The number of benzene rings is 1. The number of aliphatic hydroxyl groups is 1. The molecule has 3 aromatic rings. The minimum Gasteiger partial charge on any atom is -0.389 e. The molecule has 0 spiro atoms. The molecular weight excluding hydrogens is 480 g/mol. The van der Waals surface area contributed by atoms with E-state index in [2.05, 4.69) is 36.4 Å². The molecule has 0 aliphatic rings. The summed E-state index contributed by atoms with van der Waals surface area (Å²) in [5.41, 5.74) is 2.92. The van der Waals surface area contributed by atoms with Crippen LogP contribution < -0.4 is 16.7 Å². The number of aryl methyl sites for hydroxylation is 1. The Kier molecular flexibility index (Phi) is 7.78. The Bertz CT molecular complexity index is 1240. The van der Waals surface area contributed by atoms with Crippen molar-refractivity contribution in [2.75, 3.05) is 12.0 Å². The Balaban J connectivity index is 1.92. The maximum absolute atomic E-state index is 12.5. The Morgan fingerprint density at radius 3 is 2.75 bits per heavy atom. The largest absolute Gasteiger partial charge is 0.389 e. The van der Waals surface area contributed by atoms with Crippen LogP contribution in [0.1, 0.15) is 19.4 Å². The first-order chi connectivity index (χ1) is 15.3. The van der Waals surface area contributed by atoms with Gasteiger partial charge in [0.25, 0.3) is 5.56 Å². The summed E-state index contributed by atoms with van der Waals surface area (Å²) in [6, 6.07) is 9.70. The third-order valence-electron chi connectivity index (χ3n) is 4.48.